The Hall–Kier alpha value is -0.450. The molecular weight excluding hydrogens is 352 g/mol. The highest BCUT2D eigenvalue weighted by atomic mass is 35.5. The Bertz CT molecular complexity index is 620. The summed E-state index contributed by atoms with van der Waals surface area (Å²) < 4.78 is 13.4. The minimum absolute atomic E-state index is 0. The van der Waals surface area contributed by atoms with Crippen molar-refractivity contribution in [3.8, 4) is 0 Å². The Morgan fingerprint density at radius 2 is 1.76 bits per heavy atom. The number of hydrogen-bond donors (Lipinski definition) is 0. The van der Waals surface area contributed by atoms with E-state index in [4.69, 9.17) is 23.2 Å². The van der Waals surface area contributed by atoms with E-state index in [1.54, 1.807) is 30.0 Å². The molecule has 0 spiro atoms. The van der Waals surface area contributed by atoms with Crippen LogP contribution in [0.15, 0.2) is 46.2 Å². The van der Waals surface area contributed by atoms with Crippen LogP contribution in [0.2, 0.25) is 10.0 Å². The summed E-state index contributed by atoms with van der Waals surface area (Å²) in [7, 11) is 3.91. The summed E-state index contributed by atoms with van der Waals surface area (Å²) in [5.74, 6) is -0.222. The normalized spacial score (nSPS) is 10.6. The van der Waals surface area contributed by atoms with Gasteiger partial charge in [-0.25, -0.2) is 4.39 Å². The molecule has 0 aromatic heterocycles. The van der Waals surface area contributed by atoms with Crippen LogP contribution in [-0.2, 0) is 6.54 Å². The fourth-order valence-corrected chi connectivity index (χ4v) is 3.10. The van der Waals surface area contributed by atoms with Gasteiger partial charge in [-0.05, 0) is 56.1 Å². The van der Waals surface area contributed by atoms with Gasteiger partial charge in [-0.2, -0.15) is 0 Å². The summed E-state index contributed by atoms with van der Waals surface area (Å²) in [6, 6.07) is 10.3. The zero-order chi connectivity index (χ0) is 14.7. The molecule has 2 aromatic rings. The van der Waals surface area contributed by atoms with E-state index in [1.807, 2.05) is 31.1 Å². The fraction of sp³-hybridized carbons (Fsp3) is 0.200. The van der Waals surface area contributed by atoms with Crippen molar-refractivity contribution in [2.24, 2.45) is 0 Å². The first-order valence-corrected chi connectivity index (χ1v) is 7.59. The van der Waals surface area contributed by atoms with Gasteiger partial charge in [-0.1, -0.05) is 35.0 Å². The fourth-order valence-electron chi connectivity index (χ4n) is 1.78. The Morgan fingerprint density at radius 1 is 1.05 bits per heavy atom. The topological polar surface area (TPSA) is 3.24 Å². The zero-order valence-corrected chi connectivity index (χ0v) is 14.7. The molecule has 0 unspecified atom stereocenters. The van der Waals surface area contributed by atoms with Crippen molar-refractivity contribution in [2.45, 2.75) is 16.3 Å². The van der Waals surface area contributed by atoms with Crippen molar-refractivity contribution in [1.82, 2.24) is 4.90 Å². The van der Waals surface area contributed by atoms with Gasteiger partial charge in [0.15, 0.2) is 0 Å². The van der Waals surface area contributed by atoms with E-state index in [0.717, 1.165) is 15.4 Å². The molecule has 0 fully saturated rings. The van der Waals surface area contributed by atoms with Crippen LogP contribution in [0.4, 0.5) is 4.39 Å². The first-order valence-electron chi connectivity index (χ1n) is 6.02. The lowest BCUT2D eigenvalue weighted by Gasteiger charge is -2.14. The monoisotopic (exact) mass is 365 g/mol. The molecule has 0 bridgehead atoms. The minimum atomic E-state index is -0.222. The predicted octanol–water partition coefficient (Wildman–Crippen LogP) is 5.77. The average molecular weight is 367 g/mol. The van der Waals surface area contributed by atoms with Gasteiger partial charge >= 0.3 is 0 Å². The van der Waals surface area contributed by atoms with Gasteiger partial charge in [0.25, 0.3) is 0 Å². The lowest BCUT2D eigenvalue weighted by molar-refractivity contribution is 0.398. The number of benzene rings is 2. The Kier molecular flexibility index (Phi) is 7.31. The van der Waals surface area contributed by atoms with Crippen molar-refractivity contribution in [1.29, 1.82) is 0 Å². The number of nitrogens with zero attached hydrogens (tertiary/aromatic N) is 1. The zero-order valence-electron chi connectivity index (χ0n) is 11.6. The van der Waals surface area contributed by atoms with E-state index < -0.39 is 0 Å². The SMILES string of the molecule is CN(C)Cc1cc(F)ccc1Sc1ccc(Cl)c(Cl)c1.Cl. The third-order valence-electron chi connectivity index (χ3n) is 2.63. The molecule has 0 N–H and O–H groups in total. The summed E-state index contributed by atoms with van der Waals surface area (Å²) in [5, 5.41) is 1.05. The van der Waals surface area contributed by atoms with Crippen LogP contribution in [-0.4, -0.2) is 19.0 Å². The molecule has 6 heteroatoms. The van der Waals surface area contributed by atoms with Crippen LogP contribution in [0.3, 0.4) is 0 Å². The van der Waals surface area contributed by atoms with Gasteiger partial charge in [-0.3, -0.25) is 0 Å². The molecule has 0 aliphatic heterocycles. The minimum Gasteiger partial charge on any atom is -0.305 e. The molecule has 0 amide bonds. The molecule has 0 radical (unpaired) electrons. The largest absolute Gasteiger partial charge is 0.305 e. The number of halogens is 4. The molecular formula is C15H15Cl3FNS. The van der Waals surface area contributed by atoms with E-state index in [1.165, 1.54) is 6.07 Å². The van der Waals surface area contributed by atoms with E-state index in [9.17, 15) is 4.39 Å². The molecule has 114 valence electrons. The van der Waals surface area contributed by atoms with Crippen LogP contribution in [0, 0.1) is 5.82 Å². The third-order valence-corrected chi connectivity index (χ3v) is 4.47. The van der Waals surface area contributed by atoms with Gasteiger partial charge < -0.3 is 4.90 Å². The van der Waals surface area contributed by atoms with Gasteiger partial charge in [0.05, 0.1) is 10.0 Å². The van der Waals surface area contributed by atoms with Gasteiger partial charge in [-0.15, -0.1) is 12.4 Å². The Labute approximate surface area is 144 Å². The first-order chi connectivity index (χ1) is 9.45. The summed E-state index contributed by atoms with van der Waals surface area (Å²) >= 11 is 13.5. The molecule has 0 aliphatic carbocycles. The molecule has 0 atom stereocenters. The average Bonchev–Trinajstić information content (AvgIpc) is 2.36. The van der Waals surface area contributed by atoms with E-state index in [2.05, 4.69) is 0 Å². The van der Waals surface area contributed by atoms with Crippen LogP contribution < -0.4 is 0 Å². The highest BCUT2D eigenvalue weighted by Crippen LogP contribution is 2.34. The maximum absolute atomic E-state index is 13.4. The number of rotatable bonds is 4. The molecule has 0 saturated heterocycles. The van der Waals surface area contributed by atoms with Crippen molar-refractivity contribution >= 4 is 47.4 Å². The van der Waals surface area contributed by atoms with Crippen LogP contribution >= 0.6 is 47.4 Å². The van der Waals surface area contributed by atoms with Gasteiger partial charge in [0.2, 0.25) is 0 Å². The lowest BCUT2D eigenvalue weighted by Crippen LogP contribution is -2.11. The molecule has 21 heavy (non-hydrogen) atoms. The summed E-state index contributed by atoms with van der Waals surface area (Å²) in [6.45, 7) is 0.682. The lowest BCUT2D eigenvalue weighted by atomic mass is 10.2. The summed E-state index contributed by atoms with van der Waals surface area (Å²) in [4.78, 5) is 4.00. The van der Waals surface area contributed by atoms with Crippen molar-refractivity contribution in [3.63, 3.8) is 0 Å². The smallest absolute Gasteiger partial charge is 0.123 e. The second-order valence-corrected chi connectivity index (χ2v) is 6.60. The predicted molar refractivity (Wildman–Crippen MR) is 91.6 cm³/mol. The summed E-state index contributed by atoms with van der Waals surface area (Å²) in [6.07, 6.45) is 0. The summed E-state index contributed by atoms with van der Waals surface area (Å²) in [5.41, 5.74) is 0.950. The molecule has 2 rings (SSSR count). The second kappa shape index (κ2) is 8.25. The van der Waals surface area contributed by atoms with Gasteiger partial charge in [0, 0.05) is 16.3 Å². The van der Waals surface area contributed by atoms with Crippen LogP contribution in [0.5, 0.6) is 0 Å². The molecule has 0 saturated carbocycles. The highest BCUT2D eigenvalue weighted by Gasteiger charge is 2.08. The van der Waals surface area contributed by atoms with Crippen LogP contribution in [0.1, 0.15) is 5.56 Å². The molecule has 2 aromatic carbocycles. The van der Waals surface area contributed by atoms with E-state index >= 15 is 0 Å². The van der Waals surface area contributed by atoms with Crippen molar-refractivity contribution in [3.05, 3.63) is 57.8 Å². The molecule has 0 heterocycles. The maximum atomic E-state index is 13.4. The van der Waals surface area contributed by atoms with Crippen molar-refractivity contribution in [2.75, 3.05) is 14.1 Å². The molecule has 1 nitrogen and oxygen atoms in total. The Balaban J connectivity index is 0.00000220. The Morgan fingerprint density at radius 3 is 2.38 bits per heavy atom. The van der Waals surface area contributed by atoms with Crippen LogP contribution in [0.25, 0.3) is 0 Å². The third kappa shape index (κ3) is 5.35. The number of hydrogen-bond acceptors (Lipinski definition) is 2. The quantitative estimate of drug-likeness (QED) is 0.676. The van der Waals surface area contributed by atoms with Gasteiger partial charge in [0.1, 0.15) is 5.82 Å². The maximum Gasteiger partial charge on any atom is 0.123 e. The van der Waals surface area contributed by atoms with E-state index in [-0.39, 0.29) is 18.2 Å². The van der Waals surface area contributed by atoms with Crippen molar-refractivity contribution < 1.29 is 4.39 Å². The standard InChI is InChI=1S/C15H14Cl2FNS.ClH/c1-19(2)9-10-7-11(18)3-6-15(10)20-12-4-5-13(16)14(17)8-12;/h3-8H,9H2,1-2H3;1H. The second-order valence-electron chi connectivity index (χ2n) is 4.67. The van der Waals surface area contributed by atoms with E-state index in [0.29, 0.717) is 16.6 Å². The first kappa shape index (κ1) is 18.6. The molecule has 0 aliphatic rings. The highest BCUT2D eigenvalue weighted by molar-refractivity contribution is 7.99.